The molecule has 0 saturated carbocycles. The van der Waals surface area contributed by atoms with Gasteiger partial charge in [-0.15, -0.1) is 11.5 Å². The number of para-hydroxylation sites is 2. The van der Waals surface area contributed by atoms with E-state index in [1.807, 2.05) is 77.5 Å². The second-order valence-electron chi connectivity index (χ2n) is 11.9. The molecular weight excluding hydrogens is 742 g/mol. The molecule has 0 aliphatic carbocycles. The van der Waals surface area contributed by atoms with Crippen LogP contribution in [0.2, 0.25) is 0 Å². The Morgan fingerprint density at radius 3 is 2.33 bits per heavy atom. The Balaban J connectivity index is 0.00000325. The average molecular weight is 770 g/mol. The van der Waals surface area contributed by atoms with Gasteiger partial charge in [0.25, 0.3) is 0 Å². The zero-order valence-electron chi connectivity index (χ0n) is 24.8. The number of benzene rings is 3. The van der Waals surface area contributed by atoms with Crippen LogP contribution < -0.4 is 4.74 Å². The molecule has 3 aromatic carbocycles. The van der Waals surface area contributed by atoms with Crippen molar-refractivity contribution >= 4 is 43.9 Å². The smallest absolute Gasteiger partial charge is 0.219 e. The number of pyridine rings is 3. The Kier molecular flexibility index (Phi) is 6.94. The van der Waals surface area contributed by atoms with E-state index in [0.717, 1.165) is 39.0 Å². The maximum atomic E-state index is 10.9. The fourth-order valence-corrected chi connectivity index (χ4v) is 5.94. The minimum Gasteiger partial charge on any atom is -0.517 e. The molecule has 0 spiro atoms. The van der Waals surface area contributed by atoms with E-state index in [1.165, 1.54) is 5.56 Å². The van der Waals surface area contributed by atoms with Crippen LogP contribution in [-0.2, 0) is 26.5 Å². The Bertz CT molecular complexity index is 2370. The number of fused-ring (bicyclic) bond motifs is 6. The molecule has 0 saturated heterocycles. The third kappa shape index (κ3) is 4.75. The Morgan fingerprint density at radius 1 is 0.733 bits per heavy atom. The minimum absolute atomic E-state index is 0. The molecule has 5 heterocycles. The van der Waals surface area contributed by atoms with Gasteiger partial charge in [-0.1, -0.05) is 69.3 Å². The molecule has 5 aromatic heterocycles. The van der Waals surface area contributed by atoms with E-state index in [2.05, 4.69) is 60.7 Å². The quantitative estimate of drug-likeness (QED) is 0.182. The van der Waals surface area contributed by atoms with Gasteiger partial charge in [0, 0.05) is 61.7 Å². The molecule has 45 heavy (non-hydrogen) atoms. The van der Waals surface area contributed by atoms with Crippen LogP contribution >= 0.6 is 0 Å². The number of hydrogen-bond donors (Lipinski definition) is 1. The Labute approximate surface area is 274 Å². The molecule has 8 aromatic rings. The van der Waals surface area contributed by atoms with Crippen molar-refractivity contribution in [1.29, 1.82) is 0 Å². The van der Waals surface area contributed by atoms with Crippen molar-refractivity contribution in [2.24, 2.45) is 0 Å². The van der Waals surface area contributed by atoms with Crippen molar-refractivity contribution in [3.05, 3.63) is 121 Å². The molecule has 0 amide bonds. The molecule has 8 rings (SSSR count). The van der Waals surface area contributed by atoms with E-state index in [0.29, 0.717) is 28.0 Å². The van der Waals surface area contributed by atoms with E-state index in [9.17, 15) is 5.11 Å². The summed E-state index contributed by atoms with van der Waals surface area (Å²) in [6.45, 7) is 6.59. The number of ether oxygens (including phenoxy) is 1. The van der Waals surface area contributed by atoms with Gasteiger partial charge >= 0.3 is 0 Å². The third-order valence-electron chi connectivity index (χ3n) is 8.07. The summed E-state index contributed by atoms with van der Waals surface area (Å²) in [6.07, 6.45) is 3.47. The maximum absolute atomic E-state index is 10.9. The fraction of sp³-hybridized carbons (Fsp3) is 0.108. The van der Waals surface area contributed by atoms with Crippen LogP contribution in [0, 0.1) is 6.07 Å². The summed E-state index contributed by atoms with van der Waals surface area (Å²) in [4.78, 5) is 14.4. The van der Waals surface area contributed by atoms with Gasteiger partial charge in [0.2, 0.25) is 5.88 Å². The van der Waals surface area contributed by atoms with Crippen LogP contribution in [0.15, 0.2) is 109 Å². The summed E-state index contributed by atoms with van der Waals surface area (Å²) in [5.41, 5.74) is 5.39. The predicted octanol–water partition coefficient (Wildman–Crippen LogP) is 8.66. The summed E-state index contributed by atoms with van der Waals surface area (Å²) < 4.78 is 10.5. The van der Waals surface area contributed by atoms with Crippen LogP contribution in [0.1, 0.15) is 26.3 Å². The predicted molar refractivity (Wildman–Crippen MR) is 174 cm³/mol. The summed E-state index contributed by atoms with van der Waals surface area (Å²) >= 11 is 0. The van der Waals surface area contributed by atoms with Gasteiger partial charge in [-0.05, 0) is 64.3 Å². The molecule has 1 N–H and O–H groups in total. The Hall–Kier alpha value is -5.00. The first kappa shape index (κ1) is 28.8. The van der Waals surface area contributed by atoms with Crippen molar-refractivity contribution in [3.8, 4) is 28.9 Å². The number of aromatic nitrogens is 5. The van der Waals surface area contributed by atoms with Gasteiger partial charge in [0.1, 0.15) is 5.82 Å². The maximum Gasteiger partial charge on any atom is 0.219 e. The van der Waals surface area contributed by atoms with Crippen LogP contribution in [0.4, 0.5) is 0 Å². The second kappa shape index (κ2) is 10.9. The summed E-state index contributed by atoms with van der Waals surface area (Å²) in [5, 5.41) is 14.3. The minimum atomic E-state index is -0.0276. The molecule has 0 radical (unpaired) electrons. The van der Waals surface area contributed by atoms with Gasteiger partial charge in [0.15, 0.2) is 5.65 Å². The molecule has 0 bridgehead atoms. The monoisotopic (exact) mass is 769 g/mol. The van der Waals surface area contributed by atoms with Crippen molar-refractivity contribution < 1.29 is 30.9 Å². The second-order valence-corrected chi connectivity index (χ2v) is 11.9. The van der Waals surface area contributed by atoms with Gasteiger partial charge in [0.05, 0.1) is 16.9 Å². The van der Waals surface area contributed by atoms with Crippen molar-refractivity contribution in [2.75, 3.05) is 0 Å². The van der Waals surface area contributed by atoms with Crippen molar-refractivity contribution in [1.82, 2.24) is 24.1 Å². The zero-order valence-corrected chi connectivity index (χ0v) is 27.1. The number of hydrogen-bond acceptors (Lipinski definition) is 5. The van der Waals surface area contributed by atoms with Crippen LogP contribution in [0.5, 0.6) is 17.4 Å². The van der Waals surface area contributed by atoms with E-state index in [-0.39, 0.29) is 32.2 Å². The van der Waals surface area contributed by atoms with E-state index < -0.39 is 0 Å². The molecule has 8 heteroatoms. The molecule has 224 valence electrons. The van der Waals surface area contributed by atoms with Gasteiger partial charge in [-0.3, -0.25) is 4.57 Å². The van der Waals surface area contributed by atoms with Crippen LogP contribution in [0.3, 0.4) is 0 Å². The van der Waals surface area contributed by atoms with Gasteiger partial charge < -0.3 is 14.4 Å². The molecule has 0 unspecified atom stereocenters. The summed E-state index contributed by atoms with van der Waals surface area (Å²) in [6, 6.07) is 35.2. The van der Waals surface area contributed by atoms with Crippen molar-refractivity contribution in [2.45, 2.75) is 26.2 Å². The van der Waals surface area contributed by atoms with Gasteiger partial charge in [-0.2, -0.15) is 4.98 Å². The standard InChI is InChI=1S/C37H28N5O2.Pt/c1-37(2,3)23-17-19-38-32(21-23)42-29-12-8-7-11-26(29)27-14-16-33(40-35(27)42)44-25-13-15-30-28(22-25)34-31(43)18-20-39-36(34)41(30)24-9-5-4-6-10-24;/h4-21H,1-3H3,(H,39,43);/q-1;. The normalized spacial score (nSPS) is 11.8. The zero-order chi connectivity index (χ0) is 30.0. The molecule has 7 nitrogen and oxygen atoms in total. The molecule has 0 aliphatic heterocycles. The topological polar surface area (TPSA) is 78.0 Å². The number of aromatic hydroxyl groups is 1. The first-order valence-electron chi connectivity index (χ1n) is 14.5. The van der Waals surface area contributed by atoms with Crippen LogP contribution in [0.25, 0.3) is 55.4 Å². The third-order valence-corrected chi connectivity index (χ3v) is 8.07. The largest absolute Gasteiger partial charge is 0.517 e. The van der Waals surface area contributed by atoms with Gasteiger partial charge in [-0.25, -0.2) is 9.97 Å². The average Bonchev–Trinajstić information content (AvgIpc) is 3.54. The van der Waals surface area contributed by atoms with E-state index in [4.69, 9.17) is 14.7 Å². The van der Waals surface area contributed by atoms with Crippen molar-refractivity contribution in [3.63, 3.8) is 0 Å². The van der Waals surface area contributed by atoms with E-state index >= 15 is 0 Å². The summed E-state index contributed by atoms with van der Waals surface area (Å²) in [7, 11) is 0. The number of rotatable bonds is 4. The van der Waals surface area contributed by atoms with Crippen LogP contribution in [-0.4, -0.2) is 29.2 Å². The summed E-state index contributed by atoms with van der Waals surface area (Å²) in [5.74, 6) is 1.85. The SMILES string of the molecule is CC(C)(C)c1ccnc(-n2c3ccccc3c3ccc(Oc4[c-]c5c6c(O)ccnc6n(-c6ccccc6)c5cc4)nc32)c1.[Pt]. The Morgan fingerprint density at radius 2 is 1.51 bits per heavy atom. The fourth-order valence-electron chi connectivity index (χ4n) is 5.94. The molecule has 0 aliphatic rings. The first-order valence-corrected chi connectivity index (χ1v) is 14.5. The first-order chi connectivity index (χ1) is 21.4. The molecule has 0 fully saturated rings. The van der Waals surface area contributed by atoms with E-state index in [1.54, 1.807) is 12.3 Å². The molecular formula is C37H28N5O2Pt-. The number of nitrogens with zero attached hydrogens (tertiary/aromatic N) is 5. The molecule has 0 atom stereocenters.